The van der Waals surface area contributed by atoms with Crippen LogP contribution in [-0.2, 0) is 22.3 Å². The highest BCUT2D eigenvalue weighted by Gasteiger charge is 2.36. The van der Waals surface area contributed by atoms with E-state index in [4.69, 9.17) is 4.55 Å². The third-order valence-electron chi connectivity index (χ3n) is 2.51. The number of carbonyl (C=O) groups is 1. The molecule has 4 heteroatoms. The fraction of sp³-hybridized carbons (Fsp3) is 0.364. The molecule has 1 aromatic carbocycles. The Hall–Kier alpha value is -1.00. The van der Waals surface area contributed by atoms with Crippen molar-refractivity contribution in [3.63, 3.8) is 0 Å². The Morgan fingerprint density at radius 1 is 1.40 bits per heavy atom. The van der Waals surface area contributed by atoms with Crippen LogP contribution in [0.25, 0.3) is 0 Å². The van der Waals surface area contributed by atoms with Crippen LogP contribution in [0.1, 0.15) is 19.4 Å². The number of hydrogen-bond donors (Lipinski definition) is 1. The number of hydrogen-bond acceptors (Lipinski definition) is 2. The molecule has 0 amide bonds. The van der Waals surface area contributed by atoms with Gasteiger partial charge < -0.3 is 4.55 Å². The molecule has 0 aliphatic carbocycles. The van der Waals surface area contributed by atoms with Gasteiger partial charge in [-0.05, 0) is 25.8 Å². The minimum Gasteiger partial charge on any atom is -0.305 e. The molecule has 0 spiro atoms. The topological polar surface area (TPSA) is 54.4 Å². The van der Waals surface area contributed by atoms with Gasteiger partial charge in [0.15, 0.2) is 16.9 Å². The standard InChI is InChI=1S/C11H14O3S/c1-9(12)11(2,15(13)14)8-10-6-4-3-5-7-10/h3-7H,8H2,1-2H3,(H,13,14). The first-order chi connectivity index (χ1) is 6.97. The number of ketones is 1. The molecule has 82 valence electrons. The van der Waals surface area contributed by atoms with Gasteiger partial charge >= 0.3 is 0 Å². The summed E-state index contributed by atoms with van der Waals surface area (Å²) in [6.45, 7) is 2.86. The summed E-state index contributed by atoms with van der Waals surface area (Å²) in [5.41, 5.74) is 0.887. The van der Waals surface area contributed by atoms with Crippen molar-refractivity contribution in [3.05, 3.63) is 35.9 Å². The van der Waals surface area contributed by atoms with Crippen LogP contribution in [0.2, 0.25) is 0 Å². The molecule has 0 saturated carbocycles. The van der Waals surface area contributed by atoms with E-state index in [1.165, 1.54) is 13.8 Å². The summed E-state index contributed by atoms with van der Waals surface area (Å²) in [5.74, 6) is -0.271. The second-order valence-electron chi connectivity index (χ2n) is 3.70. The average molecular weight is 226 g/mol. The molecule has 0 fully saturated rings. The molecule has 0 radical (unpaired) electrons. The van der Waals surface area contributed by atoms with Gasteiger partial charge in [-0.25, -0.2) is 4.21 Å². The Labute approximate surface area is 91.8 Å². The Kier molecular flexibility index (Phi) is 3.77. The van der Waals surface area contributed by atoms with Crippen LogP contribution in [0, 0.1) is 0 Å². The maximum absolute atomic E-state index is 11.4. The van der Waals surface area contributed by atoms with Gasteiger partial charge in [-0.3, -0.25) is 4.79 Å². The monoisotopic (exact) mass is 226 g/mol. The summed E-state index contributed by atoms with van der Waals surface area (Å²) in [6, 6.07) is 9.24. The molecule has 2 unspecified atom stereocenters. The summed E-state index contributed by atoms with van der Waals surface area (Å²) in [7, 11) is 0. The third-order valence-corrected chi connectivity index (χ3v) is 3.72. The van der Waals surface area contributed by atoms with Crippen molar-refractivity contribution < 1.29 is 13.6 Å². The predicted octanol–water partition coefficient (Wildman–Crippen LogP) is 1.80. The third kappa shape index (κ3) is 2.73. The summed E-state index contributed by atoms with van der Waals surface area (Å²) >= 11 is -2.15. The Morgan fingerprint density at radius 2 is 1.93 bits per heavy atom. The van der Waals surface area contributed by atoms with Gasteiger partial charge in [0.1, 0.15) is 4.75 Å². The molecular formula is C11H14O3S. The van der Waals surface area contributed by atoms with Gasteiger partial charge in [-0.1, -0.05) is 30.3 Å². The first kappa shape index (κ1) is 12.1. The van der Waals surface area contributed by atoms with Crippen LogP contribution in [0.4, 0.5) is 0 Å². The Balaban J connectivity index is 2.95. The first-order valence-corrected chi connectivity index (χ1v) is 5.73. The van der Waals surface area contributed by atoms with Crippen LogP contribution in [0.15, 0.2) is 30.3 Å². The molecule has 2 atom stereocenters. The largest absolute Gasteiger partial charge is 0.305 e. The molecule has 3 nitrogen and oxygen atoms in total. The van der Waals surface area contributed by atoms with Crippen LogP contribution >= 0.6 is 0 Å². The SMILES string of the molecule is CC(=O)C(C)(Cc1ccccc1)S(=O)O. The van der Waals surface area contributed by atoms with E-state index in [1.807, 2.05) is 30.3 Å². The van der Waals surface area contributed by atoms with Crippen molar-refractivity contribution in [3.8, 4) is 0 Å². The normalized spacial score (nSPS) is 16.7. The minimum atomic E-state index is -2.15. The molecule has 0 bridgehead atoms. The lowest BCUT2D eigenvalue weighted by atomic mass is 9.97. The van der Waals surface area contributed by atoms with Gasteiger partial charge in [-0.2, -0.15) is 0 Å². The quantitative estimate of drug-likeness (QED) is 0.796. The van der Waals surface area contributed by atoms with Crippen LogP contribution in [-0.4, -0.2) is 19.3 Å². The molecule has 1 rings (SSSR count). The van der Waals surface area contributed by atoms with Crippen molar-refractivity contribution >= 4 is 16.9 Å². The van der Waals surface area contributed by atoms with Gasteiger partial charge in [0.05, 0.1) is 0 Å². The minimum absolute atomic E-state index is 0.271. The number of rotatable bonds is 4. The maximum atomic E-state index is 11.4. The van der Waals surface area contributed by atoms with Crippen LogP contribution in [0.3, 0.4) is 0 Å². The molecule has 0 aromatic heterocycles. The zero-order valence-corrected chi connectivity index (χ0v) is 9.58. The van der Waals surface area contributed by atoms with Gasteiger partial charge in [0, 0.05) is 0 Å². The Bertz CT molecular complexity index is 359. The summed E-state index contributed by atoms with van der Waals surface area (Å²) in [6.07, 6.45) is 0.284. The zero-order valence-electron chi connectivity index (χ0n) is 8.77. The van der Waals surface area contributed by atoms with E-state index in [9.17, 15) is 9.00 Å². The molecule has 15 heavy (non-hydrogen) atoms. The van der Waals surface area contributed by atoms with Crippen molar-refractivity contribution in [2.75, 3.05) is 0 Å². The molecule has 1 aromatic rings. The maximum Gasteiger partial charge on any atom is 0.166 e. The number of Topliss-reactive ketones (excluding diaryl/α,β-unsaturated/α-hetero) is 1. The second kappa shape index (κ2) is 4.68. The van der Waals surface area contributed by atoms with E-state index in [0.717, 1.165) is 5.56 Å². The van der Waals surface area contributed by atoms with Crippen LogP contribution < -0.4 is 0 Å². The highest BCUT2D eigenvalue weighted by atomic mass is 32.2. The van der Waals surface area contributed by atoms with E-state index in [1.54, 1.807) is 0 Å². The molecule has 0 aliphatic heterocycles. The van der Waals surface area contributed by atoms with Gasteiger partial charge in [-0.15, -0.1) is 0 Å². The van der Waals surface area contributed by atoms with E-state index in [2.05, 4.69) is 0 Å². The summed E-state index contributed by atoms with van der Waals surface area (Å²) < 4.78 is 19.1. The fourth-order valence-corrected chi connectivity index (χ4v) is 1.83. The lowest BCUT2D eigenvalue weighted by Crippen LogP contribution is -2.40. The van der Waals surface area contributed by atoms with Crippen molar-refractivity contribution in [2.45, 2.75) is 25.0 Å². The van der Waals surface area contributed by atoms with Gasteiger partial charge in [0.25, 0.3) is 0 Å². The molecule has 0 heterocycles. The van der Waals surface area contributed by atoms with Crippen molar-refractivity contribution in [1.82, 2.24) is 0 Å². The van der Waals surface area contributed by atoms with Crippen molar-refractivity contribution in [2.24, 2.45) is 0 Å². The fourth-order valence-electron chi connectivity index (χ4n) is 1.29. The molecule has 0 aliphatic rings. The lowest BCUT2D eigenvalue weighted by molar-refractivity contribution is -0.119. The van der Waals surface area contributed by atoms with Gasteiger partial charge in [0.2, 0.25) is 0 Å². The lowest BCUT2D eigenvalue weighted by Gasteiger charge is -2.22. The first-order valence-electron chi connectivity index (χ1n) is 4.63. The number of benzene rings is 1. The molecule has 1 N–H and O–H groups in total. The smallest absolute Gasteiger partial charge is 0.166 e. The Morgan fingerprint density at radius 3 is 2.33 bits per heavy atom. The number of carbonyl (C=O) groups excluding carboxylic acids is 1. The van der Waals surface area contributed by atoms with E-state index in [-0.39, 0.29) is 12.2 Å². The predicted molar refractivity (Wildman–Crippen MR) is 60.0 cm³/mol. The van der Waals surface area contributed by atoms with Crippen LogP contribution in [0.5, 0.6) is 0 Å². The van der Waals surface area contributed by atoms with E-state index >= 15 is 0 Å². The van der Waals surface area contributed by atoms with E-state index in [0.29, 0.717) is 0 Å². The zero-order chi connectivity index (χ0) is 11.5. The average Bonchev–Trinajstić information content (AvgIpc) is 2.18. The summed E-state index contributed by atoms with van der Waals surface area (Å²) in [4.78, 5) is 11.4. The highest BCUT2D eigenvalue weighted by Crippen LogP contribution is 2.20. The molecule has 0 saturated heterocycles. The van der Waals surface area contributed by atoms with E-state index < -0.39 is 15.8 Å². The van der Waals surface area contributed by atoms with Crippen molar-refractivity contribution in [1.29, 1.82) is 0 Å². The molecular weight excluding hydrogens is 212 g/mol. The summed E-state index contributed by atoms with van der Waals surface area (Å²) in [5, 5.41) is 0. The highest BCUT2D eigenvalue weighted by molar-refractivity contribution is 7.81. The second-order valence-corrected chi connectivity index (χ2v) is 5.10.